The Kier molecular flexibility index (Phi) is 3.06. The molecule has 3 rings (SSSR count). The predicted octanol–water partition coefficient (Wildman–Crippen LogP) is 3.12. The second-order valence-electron chi connectivity index (χ2n) is 4.66. The maximum Gasteiger partial charge on any atom is 0.0925 e. The van der Waals surface area contributed by atoms with Crippen LogP contribution >= 0.6 is 15.9 Å². The van der Waals surface area contributed by atoms with Crippen LogP contribution in [0.5, 0.6) is 0 Å². The molecule has 0 unspecified atom stereocenters. The number of nitrogens with one attached hydrogen (secondary N) is 1. The van der Waals surface area contributed by atoms with Crippen molar-refractivity contribution in [1.82, 2.24) is 9.97 Å². The quantitative estimate of drug-likeness (QED) is 0.854. The lowest BCUT2D eigenvalue weighted by Crippen LogP contribution is -2.07. The van der Waals surface area contributed by atoms with E-state index in [9.17, 15) is 0 Å². The summed E-state index contributed by atoms with van der Waals surface area (Å²) in [6, 6.07) is 5.76. The fourth-order valence-electron chi connectivity index (χ4n) is 2.02. The lowest BCUT2D eigenvalue weighted by atomic mass is 10.0. The van der Waals surface area contributed by atoms with Gasteiger partial charge in [-0.1, -0.05) is 15.9 Å². The van der Waals surface area contributed by atoms with E-state index in [0.29, 0.717) is 22.9 Å². The first-order valence-corrected chi connectivity index (χ1v) is 6.91. The average Bonchev–Trinajstić information content (AvgIpc) is 3.24. The second kappa shape index (κ2) is 4.74. The number of hydrogen-bond donors (Lipinski definition) is 2. The van der Waals surface area contributed by atoms with Crippen molar-refractivity contribution in [1.29, 1.82) is 5.41 Å². The molecule has 96 valence electrons. The fourth-order valence-corrected chi connectivity index (χ4v) is 2.37. The van der Waals surface area contributed by atoms with E-state index in [4.69, 9.17) is 11.1 Å². The normalized spacial score (nSPS) is 15.7. The van der Waals surface area contributed by atoms with Gasteiger partial charge in [-0.25, -0.2) is 4.98 Å². The zero-order chi connectivity index (χ0) is 13.4. The van der Waals surface area contributed by atoms with Crippen LogP contribution < -0.4 is 5.73 Å². The van der Waals surface area contributed by atoms with E-state index in [1.54, 1.807) is 6.20 Å². The zero-order valence-electron chi connectivity index (χ0n) is 10.2. The molecule has 1 fully saturated rings. The van der Waals surface area contributed by atoms with Crippen LogP contribution in [-0.2, 0) is 0 Å². The van der Waals surface area contributed by atoms with Gasteiger partial charge in [-0.05, 0) is 31.0 Å². The summed E-state index contributed by atoms with van der Waals surface area (Å²) in [5.74, 6) is 0.345. The van der Waals surface area contributed by atoms with Crippen LogP contribution in [0, 0.1) is 11.3 Å². The number of nitrogens with two attached hydrogens (primary N) is 1. The molecule has 1 aliphatic rings. The van der Waals surface area contributed by atoms with Crippen molar-refractivity contribution in [3.8, 4) is 0 Å². The molecule has 2 aromatic rings. The first-order valence-electron chi connectivity index (χ1n) is 6.12. The molecule has 0 bridgehead atoms. The molecular weight excluding hydrogens is 304 g/mol. The van der Waals surface area contributed by atoms with Gasteiger partial charge in [-0.15, -0.1) is 0 Å². The lowest BCUT2D eigenvalue weighted by Gasteiger charge is -2.08. The highest BCUT2D eigenvalue weighted by molar-refractivity contribution is 9.10. The van der Waals surface area contributed by atoms with Crippen molar-refractivity contribution < 1.29 is 0 Å². The number of benzene rings is 1. The van der Waals surface area contributed by atoms with Crippen LogP contribution in [0.25, 0.3) is 16.6 Å². The van der Waals surface area contributed by atoms with E-state index >= 15 is 0 Å². The largest absolute Gasteiger partial charge is 0.404 e. The Bertz CT molecular complexity index is 689. The van der Waals surface area contributed by atoms with Crippen LogP contribution in [-0.4, -0.2) is 15.7 Å². The number of hydrogen-bond acceptors (Lipinski definition) is 4. The third kappa shape index (κ3) is 2.38. The summed E-state index contributed by atoms with van der Waals surface area (Å²) in [7, 11) is 0. The minimum Gasteiger partial charge on any atom is -0.404 e. The molecule has 0 aliphatic heterocycles. The highest BCUT2D eigenvalue weighted by Gasteiger charge is 2.29. The Hall–Kier alpha value is -1.75. The number of rotatable bonds is 3. The van der Waals surface area contributed by atoms with Gasteiger partial charge >= 0.3 is 0 Å². The molecule has 1 heterocycles. The third-order valence-corrected chi connectivity index (χ3v) is 3.72. The van der Waals surface area contributed by atoms with Gasteiger partial charge in [0.05, 0.1) is 22.9 Å². The first-order chi connectivity index (χ1) is 9.19. The smallest absolute Gasteiger partial charge is 0.0925 e. The summed E-state index contributed by atoms with van der Waals surface area (Å²) < 4.78 is 0.974. The second-order valence-corrected chi connectivity index (χ2v) is 5.57. The van der Waals surface area contributed by atoms with Gasteiger partial charge in [0.25, 0.3) is 0 Å². The molecule has 3 N–H and O–H groups in total. The number of fused-ring (bicyclic) bond motifs is 1. The maximum absolute atomic E-state index is 8.12. The van der Waals surface area contributed by atoms with Crippen molar-refractivity contribution in [2.24, 2.45) is 11.7 Å². The van der Waals surface area contributed by atoms with Crippen molar-refractivity contribution >= 4 is 38.2 Å². The SMILES string of the molecule is N=C(/C(=C\N)c1cnc2cc(Br)ccc2n1)C1CC1. The van der Waals surface area contributed by atoms with E-state index in [1.165, 1.54) is 6.20 Å². The molecule has 0 atom stereocenters. The Morgan fingerprint density at radius 2 is 2.16 bits per heavy atom. The number of aromatic nitrogens is 2. The number of allylic oxidation sites excluding steroid dienone is 1. The van der Waals surface area contributed by atoms with Crippen molar-refractivity contribution in [3.05, 3.63) is 40.8 Å². The first kappa shape index (κ1) is 12.3. The van der Waals surface area contributed by atoms with Gasteiger partial charge in [0.15, 0.2) is 0 Å². The molecule has 0 radical (unpaired) electrons. The van der Waals surface area contributed by atoms with Gasteiger partial charge < -0.3 is 11.1 Å². The van der Waals surface area contributed by atoms with Gasteiger partial charge in [0.2, 0.25) is 0 Å². The van der Waals surface area contributed by atoms with Crippen LogP contribution in [0.4, 0.5) is 0 Å². The summed E-state index contributed by atoms with van der Waals surface area (Å²) in [6.45, 7) is 0. The van der Waals surface area contributed by atoms with E-state index in [0.717, 1.165) is 28.3 Å². The number of halogens is 1. The minimum atomic E-state index is 0.345. The summed E-state index contributed by atoms with van der Waals surface area (Å²) in [6.07, 6.45) is 5.30. The topological polar surface area (TPSA) is 75.7 Å². The van der Waals surface area contributed by atoms with E-state index in [2.05, 4.69) is 25.9 Å². The molecule has 0 amide bonds. The summed E-state index contributed by atoms with van der Waals surface area (Å²) >= 11 is 3.41. The van der Waals surface area contributed by atoms with Crippen molar-refractivity contribution in [2.75, 3.05) is 0 Å². The molecule has 5 heteroatoms. The molecular formula is C14H13BrN4. The summed E-state index contributed by atoms with van der Waals surface area (Å²) in [5, 5.41) is 8.12. The Morgan fingerprint density at radius 3 is 2.84 bits per heavy atom. The molecule has 0 spiro atoms. The lowest BCUT2D eigenvalue weighted by molar-refractivity contribution is 1.16. The summed E-state index contributed by atoms with van der Waals surface area (Å²) in [4.78, 5) is 8.93. The van der Waals surface area contributed by atoms with E-state index < -0.39 is 0 Å². The average molecular weight is 317 g/mol. The van der Waals surface area contributed by atoms with Crippen LogP contribution in [0.1, 0.15) is 18.5 Å². The predicted molar refractivity (Wildman–Crippen MR) is 79.9 cm³/mol. The third-order valence-electron chi connectivity index (χ3n) is 3.22. The highest BCUT2D eigenvalue weighted by Crippen LogP contribution is 2.34. The van der Waals surface area contributed by atoms with Gasteiger partial charge in [-0.2, -0.15) is 0 Å². The van der Waals surface area contributed by atoms with E-state index in [1.807, 2.05) is 18.2 Å². The Morgan fingerprint density at radius 1 is 1.37 bits per heavy atom. The summed E-state index contributed by atoms with van der Waals surface area (Å²) in [5.41, 5.74) is 9.24. The Labute approximate surface area is 119 Å². The molecule has 1 saturated carbocycles. The van der Waals surface area contributed by atoms with Gasteiger partial charge in [-0.3, -0.25) is 4.98 Å². The minimum absolute atomic E-state index is 0.345. The Balaban J connectivity index is 2.04. The molecule has 1 aromatic carbocycles. The van der Waals surface area contributed by atoms with Crippen molar-refractivity contribution in [3.63, 3.8) is 0 Å². The van der Waals surface area contributed by atoms with Gasteiger partial charge in [0.1, 0.15) is 0 Å². The monoisotopic (exact) mass is 316 g/mol. The highest BCUT2D eigenvalue weighted by atomic mass is 79.9. The van der Waals surface area contributed by atoms with E-state index in [-0.39, 0.29) is 0 Å². The molecule has 19 heavy (non-hydrogen) atoms. The molecule has 1 aromatic heterocycles. The molecule has 4 nitrogen and oxygen atoms in total. The maximum atomic E-state index is 8.12. The van der Waals surface area contributed by atoms with Gasteiger partial charge in [0, 0.05) is 27.9 Å². The molecule has 1 aliphatic carbocycles. The molecule has 0 saturated heterocycles. The standard InChI is InChI=1S/C14H13BrN4/c15-9-3-4-11-12(5-9)18-7-13(19-11)10(6-16)14(17)8-1-2-8/h3-8,17H,1-2,16H2/b10-6-,17-14?. The fraction of sp³-hybridized carbons (Fsp3) is 0.214. The van der Waals surface area contributed by atoms with Crippen LogP contribution in [0.3, 0.4) is 0 Å². The zero-order valence-corrected chi connectivity index (χ0v) is 11.8. The number of nitrogens with zero attached hydrogens (tertiary/aromatic N) is 2. The van der Waals surface area contributed by atoms with Crippen LogP contribution in [0.2, 0.25) is 0 Å². The van der Waals surface area contributed by atoms with Crippen LogP contribution in [0.15, 0.2) is 35.1 Å². The van der Waals surface area contributed by atoms with Crippen molar-refractivity contribution in [2.45, 2.75) is 12.8 Å².